The van der Waals surface area contributed by atoms with E-state index in [0.717, 1.165) is 16.3 Å². The predicted molar refractivity (Wildman–Crippen MR) is 102 cm³/mol. The van der Waals surface area contributed by atoms with E-state index >= 15 is 0 Å². The fourth-order valence-corrected chi connectivity index (χ4v) is 2.90. The maximum absolute atomic E-state index is 12.5. The van der Waals surface area contributed by atoms with Crippen molar-refractivity contribution < 1.29 is 9.59 Å². The van der Waals surface area contributed by atoms with Crippen LogP contribution in [-0.2, 0) is 16.0 Å². The largest absolute Gasteiger partial charge is 0.325 e. The molecule has 0 aliphatic rings. The molecule has 0 atom stereocenters. The van der Waals surface area contributed by atoms with E-state index in [2.05, 4.69) is 10.6 Å². The first kappa shape index (κ1) is 17.0. The van der Waals surface area contributed by atoms with Gasteiger partial charge in [0.25, 0.3) is 0 Å². The lowest BCUT2D eigenvalue weighted by atomic mass is 10.0. The monoisotopic (exact) mass is 352 g/mol. The molecule has 0 fully saturated rings. The molecule has 126 valence electrons. The topological polar surface area (TPSA) is 58.2 Å². The summed E-state index contributed by atoms with van der Waals surface area (Å²) in [4.78, 5) is 23.8. The third-order valence-corrected chi connectivity index (χ3v) is 4.03. The third-order valence-electron chi connectivity index (χ3n) is 3.80. The van der Waals surface area contributed by atoms with Crippen LogP contribution in [0.4, 0.5) is 11.4 Å². The molecule has 25 heavy (non-hydrogen) atoms. The van der Waals surface area contributed by atoms with Gasteiger partial charge in [0.05, 0.1) is 17.8 Å². The van der Waals surface area contributed by atoms with Crippen molar-refractivity contribution >= 4 is 45.6 Å². The Hall–Kier alpha value is -2.85. The highest BCUT2D eigenvalue weighted by atomic mass is 35.5. The summed E-state index contributed by atoms with van der Waals surface area (Å²) in [7, 11) is 0. The number of fused-ring (bicyclic) bond motifs is 1. The minimum atomic E-state index is -0.216. The molecule has 2 amide bonds. The minimum Gasteiger partial charge on any atom is -0.325 e. The highest BCUT2D eigenvalue weighted by Crippen LogP contribution is 2.26. The maximum atomic E-state index is 12.5. The second-order valence-corrected chi connectivity index (χ2v) is 6.17. The van der Waals surface area contributed by atoms with Crippen LogP contribution in [-0.4, -0.2) is 11.8 Å². The van der Waals surface area contributed by atoms with Gasteiger partial charge in [0, 0.05) is 11.9 Å². The number of hydrogen-bond acceptors (Lipinski definition) is 2. The molecule has 2 N–H and O–H groups in total. The highest BCUT2D eigenvalue weighted by Gasteiger charge is 2.11. The number of hydrogen-bond donors (Lipinski definition) is 2. The van der Waals surface area contributed by atoms with Crippen molar-refractivity contribution in [2.45, 2.75) is 13.3 Å². The molecule has 0 aliphatic carbocycles. The van der Waals surface area contributed by atoms with Crippen molar-refractivity contribution in [2.75, 3.05) is 10.6 Å². The molecule has 0 saturated heterocycles. The van der Waals surface area contributed by atoms with Crippen LogP contribution in [0.5, 0.6) is 0 Å². The molecule has 0 radical (unpaired) electrons. The number of carbonyl (C=O) groups is 2. The Morgan fingerprint density at radius 3 is 2.48 bits per heavy atom. The summed E-state index contributed by atoms with van der Waals surface area (Å²) in [5.74, 6) is -0.392. The lowest BCUT2D eigenvalue weighted by Crippen LogP contribution is -2.17. The van der Waals surface area contributed by atoms with E-state index in [0.29, 0.717) is 16.4 Å². The Bertz CT molecular complexity index is 948. The van der Waals surface area contributed by atoms with Gasteiger partial charge in [-0.2, -0.15) is 0 Å². The van der Waals surface area contributed by atoms with Crippen LogP contribution in [0.2, 0.25) is 5.02 Å². The summed E-state index contributed by atoms with van der Waals surface area (Å²) < 4.78 is 0. The van der Waals surface area contributed by atoms with E-state index in [1.807, 2.05) is 42.5 Å². The Labute approximate surface area is 150 Å². The summed E-state index contributed by atoms with van der Waals surface area (Å²) in [6.45, 7) is 1.41. The van der Waals surface area contributed by atoms with Crippen LogP contribution >= 0.6 is 11.6 Å². The molecule has 3 aromatic carbocycles. The Kier molecular flexibility index (Phi) is 5.00. The first-order chi connectivity index (χ1) is 12.0. The number of benzene rings is 3. The zero-order valence-corrected chi connectivity index (χ0v) is 14.4. The van der Waals surface area contributed by atoms with Gasteiger partial charge in [-0.15, -0.1) is 0 Å². The zero-order valence-electron chi connectivity index (χ0n) is 13.7. The second kappa shape index (κ2) is 7.36. The molecule has 0 heterocycles. The fourth-order valence-electron chi connectivity index (χ4n) is 2.73. The van der Waals surface area contributed by atoms with Crippen molar-refractivity contribution in [1.82, 2.24) is 0 Å². The normalized spacial score (nSPS) is 10.5. The lowest BCUT2D eigenvalue weighted by Gasteiger charge is -2.12. The number of nitrogens with one attached hydrogen (secondary N) is 2. The Morgan fingerprint density at radius 1 is 0.920 bits per heavy atom. The Balaban J connectivity index is 1.83. The van der Waals surface area contributed by atoms with Gasteiger partial charge in [0.1, 0.15) is 0 Å². The van der Waals surface area contributed by atoms with Gasteiger partial charge in [0.2, 0.25) is 11.8 Å². The van der Waals surface area contributed by atoms with E-state index in [1.165, 1.54) is 6.92 Å². The van der Waals surface area contributed by atoms with E-state index in [-0.39, 0.29) is 18.2 Å². The second-order valence-electron chi connectivity index (χ2n) is 5.73. The maximum Gasteiger partial charge on any atom is 0.228 e. The standard InChI is InChI=1S/C20H17ClN2O2/c1-13(24)22-18-10-9-16(21)12-19(18)23-20(25)11-15-7-4-6-14-5-2-3-8-17(14)15/h2-10,12H,11H2,1H3,(H,22,24)(H,23,25). The van der Waals surface area contributed by atoms with Gasteiger partial charge in [-0.3, -0.25) is 9.59 Å². The summed E-state index contributed by atoms with van der Waals surface area (Å²) in [6, 6.07) is 18.8. The molecule has 0 bridgehead atoms. The van der Waals surface area contributed by atoms with Gasteiger partial charge >= 0.3 is 0 Å². The van der Waals surface area contributed by atoms with Crippen LogP contribution in [0, 0.1) is 0 Å². The summed E-state index contributed by atoms with van der Waals surface area (Å²) in [6.07, 6.45) is 0.230. The molecule has 0 aromatic heterocycles. The summed E-state index contributed by atoms with van der Waals surface area (Å²) in [5, 5.41) is 8.14. The number of amides is 2. The lowest BCUT2D eigenvalue weighted by molar-refractivity contribution is -0.116. The number of carbonyl (C=O) groups excluding carboxylic acids is 2. The molecular weight excluding hydrogens is 336 g/mol. The van der Waals surface area contributed by atoms with Crippen LogP contribution in [0.1, 0.15) is 12.5 Å². The van der Waals surface area contributed by atoms with Crippen molar-refractivity contribution in [1.29, 1.82) is 0 Å². The van der Waals surface area contributed by atoms with Crippen LogP contribution in [0.25, 0.3) is 10.8 Å². The van der Waals surface area contributed by atoms with Gasteiger partial charge in [-0.1, -0.05) is 54.1 Å². The van der Waals surface area contributed by atoms with Crippen molar-refractivity contribution in [3.8, 4) is 0 Å². The molecule has 0 spiro atoms. The molecular formula is C20H17ClN2O2. The van der Waals surface area contributed by atoms with E-state index in [1.54, 1.807) is 18.2 Å². The SMILES string of the molecule is CC(=O)Nc1ccc(Cl)cc1NC(=O)Cc1cccc2ccccc12. The van der Waals surface area contributed by atoms with Crippen LogP contribution in [0.15, 0.2) is 60.7 Å². The number of rotatable bonds is 4. The molecule has 0 unspecified atom stereocenters. The molecule has 0 saturated carbocycles. The molecule has 3 rings (SSSR count). The molecule has 5 heteroatoms. The average Bonchev–Trinajstić information content (AvgIpc) is 2.57. The van der Waals surface area contributed by atoms with Crippen molar-refractivity contribution in [2.24, 2.45) is 0 Å². The van der Waals surface area contributed by atoms with Crippen molar-refractivity contribution in [3.05, 3.63) is 71.2 Å². The van der Waals surface area contributed by atoms with Crippen LogP contribution in [0.3, 0.4) is 0 Å². The van der Waals surface area contributed by atoms with Gasteiger partial charge in [0.15, 0.2) is 0 Å². The zero-order chi connectivity index (χ0) is 17.8. The van der Waals surface area contributed by atoms with E-state index in [4.69, 9.17) is 11.6 Å². The third kappa shape index (κ3) is 4.17. The highest BCUT2D eigenvalue weighted by molar-refractivity contribution is 6.31. The van der Waals surface area contributed by atoms with Gasteiger partial charge in [-0.25, -0.2) is 0 Å². The first-order valence-electron chi connectivity index (χ1n) is 7.86. The molecule has 4 nitrogen and oxygen atoms in total. The van der Waals surface area contributed by atoms with Gasteiger partial charge in [-0.05, 0) is 34.5 Å². The van der Waals surface area contributed by atoms with E-state index < -0.39 is 0 Å². The molecule has 3 aromatic rings. The molecule has 0 aliphatic heterocycles. The van der Waals surface area contributed by atoms with Crippen LogP contribution < -0.4 is 10.6 Å². The average molecular weight is 353 g/mol. The Morgan fingerprint density at radius 2 is 1.68 bits per heavy atom. The summed E-state index contributed by atoms with van der Waals surface area (Å²) in [5.41, 5.74) is 1.94. The number of anilines is 2. The minimum absolute atomic E-state index is 0.176. The number of halogens is 1. The first-order valence-corrected chi connectivity index (χ1v) is 8.24. The van der Waals surface area contributed by atoms with Gasteiger partial charge < -0.3 is 10.6 Å². The smallest absolute Gasteiger partial charge is 0.228 e. The summed E-state index contributed by atoms with van der Waals surface area (Å²) >= 11 is 6.01. The quantitative estimate of drug-likeness (QED) is 0.719. The van der Waals surface area contributed by atoms with Crippen molar-refractivity contribution in [3.63, 3.8) is 0 Å². The predicted octanol–water partition coefficient (Wildman–Crippen LogP) is 4.63. The fraction of sp³-hybridized carbons (Fsp3) is 0.100. The van der Waals surface area contributed by atoms with E-state index in [9.17, 15) is 9.59 Å².